The van der Waals surface area contributed by atoms with Crippen LogP contribution in [-0.4, -0.2) is 75.6 Å². The molecule has 1 aliphatic rings. The van der Waals surface area contributed by atoms with Crippen LogP contribution in [0, 0.1) is 0 Å². The normalized spacial score (nSPS) is 13.2. The van der Waals surface area contributed by atoms with Crippen molar-refractivity contribution in [2.45, 2.75) is 18.7 Å². The number of thiazole rings is 1. The molecule has 0 bridgehead atoms. The summed E-state index contributed by atoms with van der Waals surface area (Å²) in [5.41, 5.74) is 1.13. The van der Waals surface area contributed by atoms with E-state index in [4.69, 9.17) is 14.5 Å². The SMILES string of the molecule is CCN(CC)CCN(C(=O)c1ccc(S(=O)(=O)N(C)C)cc1)c1nc2cc3c(cc2s1)OCO3. The van der Waals surface area contributed by atoms with E-state index in [0.717, 1.165) is 27.6 Å². The second-order valence-electron chi connectivity index (χ2n) is 7.97. The summed E-state index contributed by atoms with van der Waals surface area (Å²) in [6.45, 7) is 7.23. The maximum absolute atomic E-state index is 13.6. The van der Waals surface area contributed by atoms with Crippen LogP contribution in [0.15, 0.2) is 41.3 Å². The van der Waals surface area contributed by atoms with Crippen LogP contribution in [0.3, 0.4) is 0 Å². The number of fused-ring (bicyclic) bond motifs is 2. The van der Waals surface area contributed by atoms with Gasteiger partial charge in [0, 0.05) is 44.9 Å². The monoisotopic (exact) mass is 504 g/mol. The fourth-order valence-electron chi connectivity index (χ4n) is 3.62. The summed E-state index contributed by atoms with van der Waals surface area (Å²) in [7, 11) is -0.626. The number of carbonyl (C=O) groups is 1. The van der Waals surface area contributed by atoms with Crippen molar-refractivity contribution in [3.8, 4) is 11.5 Å². The van der Waals surface area contributed by atoms with E-state index in [1.807, 2.05) is 12.1 Å². The average molecular weight is 505 g/mol. The molecule has 1 aliphatic heterocycles. The lowest BCUT2D eigenvalue weighted by Gasteiger charge is -2.24. The molecule has 182 valence electrons. The molecular weight excluding hydrogens is 476 g/mol. The number of carbonyl (C=O) groups excluding carboxylic acids is 1. The highest BCUT2D eigenvalue weighted by Crippen LogP contribution is 2.40. The average Bonchev–Trinajstić information content (AvgIpc) is 3.45. The Bertz CT molecular complexity index is 1240. The van der Waals surface area contributed by atoms with Gasteiger partial charge < -0.3 is 14.4 Å². The third-order valence-electron chi connectivity index (χ3n) is 5.76. The van der Waals surface area contributed by atoms with Crippen LogP contribution in [0.1, 0.15) is 24.2 Å². The third-order valence-corrected chi connectivity index (χ3v) is 8.63. The molecule has 4 rings (SSSR count). The minimum Gasteiger partial charge on any atom is -0.454 e. The molecule has 0 unspecified atom stereocenters. The number of benzene rings is 2. The second kappa shape index (κ2) is 9.87. The van der Waals surface area contributed by atoms with E-state index in [9.17, 15) is 13.2 Å². The van der Waals surface area contributed by atoms with Crippen molar-refractivity contribution in [1.82, 2.24) is 14.2 Å². The molecule has 1 amide bonds. The van der Waals surface area contributed by atoms with E-state index in [-0.39, 0.29) is 17.6 Å². The molecule has 0 atom stereocenters. The van der Waals surface area contributed by atoms with Crippen LogP contribution in [-0.2, 0) is 10.0 Å². The molecule has 0 saturated carbocycles. The Morgan fingerprint density at radius 2 is 1.68 bits per heavy atom. The van der Waals surface area contributed by atoms with Gasteiger partial charge in [0.15, 0.2) is 16.6 Å². The first-order chi connectivity index (χ1) is 16.2. The molecule has 0 spiro atoms. The number of nitrogens with zero attached hydrogens (tertiary/aromatic N) is 4. The third kappa shape index (κ3) is 4.74. The minimum absolute atomic E-state index is 0.137. The predicted molar refractivity (Wildman–Crippen MR) is 133 cm³/mol. The molecule has 0 saturated heterocycles. The number of ether oxygens (including phenoxy) is 2. The lowest BCUT2D eigenvalue weighted by Crippen LogP contribution is -2.38. The van der Waals surface area contributed by atoms with E-state index >= 15 is 0 Å². The van der Waals surface area contributed by atoms with Crippen molar-refractivity contribution in [3.05, 3.63) is 42.0 Å². The Labute approximate surface area is 203 Å². The predicted octanol–water partition coefficient (Wildman–Crippen LogP) is 3.26. The van der Waals surface area contributed by atoms with Crippen LogP contribution in [0.5, 0.6) is 11.5 Å². The second-order valence-corrected chi connectivity index (χ2v) is 11.1. The van der Waals surface area contributed by atoms with Crippen LogP contribution < -0.4 is 14.4 Å². The summed E-state index contributed by atoms with van der Waals surface area (Å²) < 4.78 is 37.8. The van der Waals surface area contributed by atoms with Crippen molar-refractivity contribution in [3.63, 3.8) is 0 Å². The molecule has 0 N–H and O–H groups in total. The van der Waals surface area contributed by atoms with Gasteiger partial charge in [0.1, 0.15) is 0 Å². The zero-order valence-electron chi connectivity index (χ0n) is 19.6. The van der Waals surface area contributed by atoms with Crippen molar-refractivity contribution < 1.29 is 22.7 Å². The molecule has 9 nitrogen and oxygen atoms in total. The van der Waals surface area contributed by atoms with Gasteiger partial charge in [0.05, 0.1) is 15.1 Å². The van der Waals surface area contributed by atoms with Gasteiger partial charge in [-0.2, -0.15) is 0 Å². The van der Waals surface area contributed by atoms with Gasteiger partial charge in [-0.05, 0) is 37.4 Å². The molecule has 11 heteroatoms. The van der Waals surface area contributed by atoms with Crippen molar-refractivity contribution in [2.75, 3.05) is 52.0 Å². The fraction of sp³-hybridized carbons (Fsp3) is 0.391. The van der Waals surface area contributed by atoms with Gasteiger partial charge in [-0.3, -0.25) is 9.69 Å². The molecule has 2 heterocycles. The fourth-order valence-corrected chi connectivity index (χ4v) is 5.52. The number of amides is 1. The minimum atomic E-state index is -3.57. The summed E-state index contributed by atoms with van der Waals surface area (Å²) in [5.74, 6) is 1.07. The number of rotatable bonds is 9. The first-order valence-corrected chi connectivity index (χ1v) is 13.3. The highest BCUT2D eigenvalue weighted by Gasteiger charge is 2.25. The van der Waals surface area contributed by atoms with Crippen LogP contribution in [0.2, 0.25) is 0 Å². The van der Waals surface area contributed by atoms with Gasteiger partial charge in [-0.1, -0.05) is 25.2 Å². The Morgan fingerprint density at radius 3 is 2.29 bits per heavy atom. The molecule has 0 fully saturated rings. The lowest BCUT2D eigenvalue weighted by atomic mass is 10.2. The van der Waals surface area contributed by atoms with E-state index in [1.54, 1.807) is 17.0 Å². The Morgan fingerprint density at radius 1 is 1.03 bits per heavy atom. The van der Waals surface area contributed by atoms with E-state index in [0.29, 0.717) is 35.3 Å². The van der Waals surface area contributed by atoms with Crippen LogP contribution in [0.25, 0.3) is 10.2 Å². The first-order valence-electron chi connectivity index (χ1n) is 11.0. The van der Waals surface area contributed by atoms with Gasteiger partial charge in [0.2, 0.25) is 16.8 Å². The molecule has 2 aromatic carbocycles. The maximum Gasteiger partial charge on any atom is 0.260 e. The smallest absolute Gasteiger partial charge is 0.260 e. The van der Waals surface area contributed by atoms with Gasteiger partial charge in [0.25, 0.3) is 5.91 Å². The Balaban J connectivity index is 1.67. The van der Waals surface area contributed by atoms with Crippen LogP contribution in [0.4, 0.5) is 5.13 Å². The van der Waals surface area contributed by atoms with Gasteiger partial charge >= 0.3 is 0 Å². The molecule has 0 radical (unpaired) electrons. The largest absolute Gasteiger partial charge is 0.454 e. The number of likely N-dealkylation sites (N-methyl/N-ethyl adjacent to an activating group) is 1. The van der Waals surface area contributed by atoms with Crippen molar-refractivity contribution in [2.24, 2.45) is 0 Å². The lowest BCUT2D eigenvalue weighted by molar-refractivity contribution is 0.0983. The molecular formula is C23H28N4O5S2. The Kier molecular flexibility index (Phi) is 7.08. The van der Waals surface area contributed by atoms with E-state index in [1.165, 1.54) is 37.6 Å². The number of hydrogen-bond donors (Lipinski definition) is 0. The maximum atomic E-state index is 13.6. The van der Waals surface area contributed by atoms with Crippen LogP contribution >= 0.6 is 11.3 Å². The summed E-state index contributed by atoms with van der Waals surface area (Å²) in [5, 5.41) is 0.570. The summed E-state index contributed by atoms with van der Waals surface area (Å²) in [4.78, 5) is 22.3. The first kappa shape index (κ1) is 24.4. The highest BCUT2D eigenvalue weighted by atomic mass is 32.2. The van der Waals surface area contributed by atoms with Crippen molar-refractivity contribution >= 4 is 42.6 Å². The number of hydrogen-bond acceptors (Lipinski definition) is 8. The number of aromatic nitrogens is 1. The van der Waals surface area contributed by atoms with Gasteiger partial charge in [-0.15, -0.1) is 0 Å². The topological polar surface area (TPSA) is 92.3 Å². The molecule has 34 heavy (non-hydrogen) atoms. The quantitative estimate of drug-likeness (QED) is 0.442. The standard InChI is InChI=1S/C23H28N4O5S2/c1-5-26(6-2)11-12-27(22(28)16-7-9-17(10-8-16)34(29,30)25(3)4)23-24-18-13-19-20(32-15-31-19)14-21(18)33-23/h7-10,13-14H,5-6,11-12,15H2,1-4H3. The molecule has 3 aromatic rings. The van der Waals surface area contributed by atoms with Crippen molar-refractivity contribution in [1.29, 1.82) is 0 Å². The van der Waals surface area contributed by atoms with Gasteiger partial charge in [-0.25, -0.2) is 17.7 Å². The molecule has 1 aromatic heterocycles. The zero-order valence-corrected chi connectivity index (χ0v) is 21.3. The van der Waals surface area contributed by atoms with E-state index in [2.05, 4.69) is 18.7 Å². The summed E-state index contributed by atoms with van der Waals surface area (Å²) >= 11 is 1.41. The number of anilines is 1. The summed E-state index contributed by atoms with van der Waals surface area (Å²) in [6, 6.07) is 9.73. The molecule has 0 aliphatic carbocycles. The zero-order chi connectivity index (χ0) is 24.5. The number of sulfonamides is 1. The summed E-state index contributed by atoms with van der Waals surface area (Å²) in [6.07, 6.45) is 0. The highest BCUT2D eigenvalue weighted by molar-refractivity contribution is 7.89. The Hall–Kier alpha value is -2.73. The van der Waals surface area contributed by atoms with E-state index < -0.39 is 10.0 Å².